The van der Waals surface area contributed by atoms with Gasteiger partial charge >= 0.3 is 6.18 Å². The van der Waals surface area contributed by atoms with Gasteiger partial charge in [0, 0.05) is 6.54 Å². The molecule has 20 heavy (non-hydrogen) atoms. The van der Waals surface area contributed by atoms with Crippen LogP contribution in [-0.4, -0.2) is 22.7 Å². The molecule has 0 aliphatic carbocycles. The van der Waals surface area contributed by atoms with Crippen molar-refractivity contribution in [1.29, 1.82) is 5.26 Å². The molecule has 0 spiro atoms. The van der Waals surface area contributed by atoms with Crippen LogP contribution in [0, 0.1) is 11.3 Å². The van der Waals surface area contributed by atoms with E-state index in [4.69, 9.17) is 16.9 Å². The molecule has 0 atom stereocenters. The minimum atomic E-state index is -4.24. The van der Waals surface area contributed by atoms with Crippen LogP contribution in [0.15, 0.2) is 18.2 Å². The molecular weight excluding hydrogens is 293 g/mol. The zero-order chi connectivity index (χ0) is 14.8. The summed E-state index contributed by atoms with van der Waals surface area (Å²) in [4.78, 5) is 8.09. The Balaban J connectivity index is 2.23. The number of hydrogen-bond acceptors (Lipinski definition) is 4. The number of nitrogens with zero attached hydrogens (tertiary/aromatic N) is 3. The SMILES string of the molecule is N#Cc1ccc2nc(NCCC(F)(F)F)c(Cl)nc2c1. The van der Waals surface area contributed by atoms with E-state index in [1.807, 2.05) is 6.07 Å². The lowest BCUT2D eigenvalue weighted by atomic mass is 10.2. The summed E-state index contributed by atoms with van der Waals surface area (Å²) in [5, 5.41) is 11.2. The zero-order valence-electron chi connectivity index (χ0n) is 10.00. The van der Waals surface area contributed by atoms with Crippen LogP contribution in [0.2, 0.25) is 5.15 Å². The van der Waals surface area contributed by atoms with E-state index in [0.29, 0.717) is 16.6 Å². The molecule has 2 aromatic rings. The molecule has 0 saturated carbocycles. The van der Waals surface area contributed by atoms with Crippen molar-refractivity contribution in [2.24, 2.45) is 0 Å². The number of hydrogen-bond donors (Lipinski definition) is 1. The molecule has 4 nitrogen and oxygen atoms in total. The van der Waals surface area contributed by atoms with E-state index in [-0.39, 0.29) is 17.5 Å². The normalized spacial score (nSPS) is 11.3. The van der Waals surface area contributed by atoms with E-state index in [0.717, 1.165) is 0 Å². The van der Waals surface area contributed by atoms with Crippen molar-refractivity contribution in [1.82, 2.24) is 9.97 Å². The van der Waals surface area contributed by atoms with Crippen LogP contribution >= 0.6 is 11.6 Å². The fourth-order valence-corrected chi connectivity index (χ4v) is 1.74. The van der Waals surface area contributed by atoms with Crippen LogP contribution in [0.5, 0.6) is 0 Å². The van der Waals surface area contributed by atoms with Gasteiger partial charge in [0.2, 0.25) is 0 Å². The van der Waals surface area contributed by atoms with Gasteiger partial charge in [-0.3, -0.25) is 0 Å². The average Bonchev–Trinajstić information content (AvgIpc) is 2.37. The molecular formula is C12H8ClF3N4. The standard InChI is InChI=1S/C12H8ClF3N4/c13-10-11(18-4-3-12(14,15)16)20-8-2-1-7(6-17)5-9(8)19-10/h1-2,5H,3-4H2,(H,18,20). The summed E-state index contributed by atoms with van der Waals surface area (Å²) >= 11 is 5.85. The molecule has 0 aliphatic rings. The first-order valence-corrected chi connectivity index (χ1v) is 5.95. The Kier molecular flexibility index (Phi) is 3.95. The second kappa shape index (κ2) is 5.51. The molecule has 1 heterocycles. The minimum Gasteiger partial charge on any atom is -0.367 e. The van der Waals surface area contributed by atoms with E-state index < -0.39 is 12.6 Å². The molecule has 0 unspecified atom stereocenters. The van der Waals surface area contributed by atoms with Gasteiger partial charge in [0.15, 0.2) is 11.0 Å². The molecule has 0 saturated heterocycles. The summed E-state index contributed by atoms with van der Waals surface area (Å²) in [6, 6.07) is 6.57. The van der Waals surface area contributed by atoms with Crippen LogP contribution < -0.4 is 5.32 Å². The lowest BCUT2D eigenvalue weighted by Crippen LogP contribution is -2.15. The first-order chi connectivity index (χ1) is 9.39. The quantitative estimate of drug-likeness (QED) is 0.942. The summed E-state index contributed by atoms with van der Waals surface area (Å²) < 4.78 is 36.2. The second-order valence-corrected chi connectivity index (χ2v) is 4.33. The molecule has 1 aromatic carbocycles. The van der Waals surface area contributed by atoms with Crippen molar-refractivity contribution in [3.05, 3.63) is 28.9 Å². The Hall–Kier alpha value is -2.07. The number of rotatable bonds is 3. The van der Waals surface area contributed by atoms with Crippen molar-refractivity contribution in [3.63, 3.8) is 0 Å². The van der Waals surface area contributed by atoms with Gasteiger partial charge < -0.3 is 5.32 Å². The minimum absolute atomic E-state index is 0.0326. The molecule has 1 aromatic heterocycles. The highest BCUT2D eigenvalue weighted by Gasteiger charge is 2.26. The van der Waals surface area contributed by atoms with E-state index >= 15 is 0 Å². The smallest absolute Gasteiger partial charge is 0.367 e. The monoisotopic (exact) mass is 300 g/mol. The lowest BCUT2D eigenvalue weighted by Gasteiger charge is -2.10. The highest BCUT2D eigenvalue weighted by molar-refractivity contribution is 6.32. The van der Waals surface area contributed by atoms with E-state index in [2.05, 4.69) is 15.3 Å². The number of benzene rings is 1. The molecule has 0 amide bonds. The predicted octanol–water partition coefficient (Wildman–Crippen LogP) is 3.52. The maximum atomic E-state index is 12.1. The number of anilines is 1. The largest absolute Gasteiger partial charge is 0.390 e. The Labute approximate surface area is 117 Å². The van der Waals surface area contributed by atoms with Crippen molar-refractivity contribution in [2.45, 2.75) is 12.6 Å². The fraction of sp³-hybridized carbons (Fsp3) is 0.250. The molecule has 8 heteroatoms. The summed E-state index contributed by atoms with van der Waals surface area (Å²) in [7, 11) is 0. The topological polar surface area (TPSA) is 61.6 Å². The van der Waals surface area contributed by atoms with Crippen LogP contribution in [0.25, 0.3) is 11.0 Å². The van der Waals surface area contributed by atoms with Gasteiger partial charge in [-0.25, -0.2) is 9.97 Å². The van der Waals surface area contributed by atoms with Crippen molar-refractivity contribution >= 4 is 28.5 Å². The summed E-state index contributed by atoms with van der Waals surface area (Å²) in [6.45, 7) is -0.334. The van der Waals surface area contributed by atoms with Gasteiger partial charge in [-0.05, 0) is 18.2 Å². The zero-order valence-corrected chi connectivity index (χ0v) is 10.8. The molecule has 0 fully saturated rings. The van der Waals surface area contributed by atoms with E-state index in [1.165, 1.54) is 6.07 Å². The van der Waals surface area contributed by atoms with Gasteiger partial charge in [-0.1, -0.05) is 11.6 Å². The summed E-state index contributed by atoms with van der Waals surface area (Å²) in [5.74, 6) is 0.0909. The van der Waals surface area contributed by atoms with Crippen molar-refractivity contribution < 1.29 is 13.2 Å². The number of fused-ring (bicyclic) bond motifs is 1. The van der Waals surface area contributed by atoms with Gasteiger partial charge in [0.05, 0.1) is 29.1 Å². The highest BCUT2D eigenvalue weighted by atomic mass is 35.5. The number of halogens is 4. The molecule has 0 radical (unpaired) electrons. The maximum Gasteiger partial charge on any atom is 0.390 e. The number of alkyl halides is 3. The third-order valence-electron chi connectivity index (χ3n) is 2.45. The number of nitrogens with one attached hydrogen (secondary N) is 1. The van der Waals surface area contributed by atoms with Crippen LogP contribution in [0.4, 0.5) is 19.0 Å². The number of aromatic nitrogens is 2. The summed E-state index contributed by atoms with van der Waals surface area (Å²) in [6.07, 6.45) is -5.23. The predicted molar refractivity (Wildman–Crippen MR) is 68.4 cm³/mol. The molecule has 0 bridgehead atoms. The van der Waals surface area contributed by atoms with Gasteiger partial charge in [0.25, 0.3) is 0 Å². The molecule has 2 rings (SSSR count). The summed E-state index contributed by atoms with van der Waals surface area (Å²) in [5.41, 5.74) is 1.26. The maximum absolute atomic E-state index is 12.1. The first kappa shape index (κ1) is 14.3. The van der Waals surface area contributed by atoms with Crippen molar-refractivity contribution in [2.75, 3.05) is 11.9 Å². The van der Waals surface area contributed by atoms with Crippen LogP contribution in [0.1, 0.15) is 12.0 Å². The molecule has 104 valence electrons. The highest BCUT2D eigenvalue weighted by Crippen LogP contribution is 2.23. The van der Waals surface area contributed by atoms with Gasteiger partial charge in [0.1, 0.15) is 0 Å². The molecule has 0 aliphatic heterocycles. The van der Waals surface area contributed by atoms with Gasteiger partial charge in [-0.15, -0.1) is 0 Å². The fourth-order valence-electron chi connectivity index (χ4n) is 1.54. The molecule has 1 N–H and O–H groups in total. The Bertz CT molecular complexity index is 679. The number of nitriles is 1. The third-order valence-corrected chi connectivity index (χ3v) is 2.72. The van der Waals surface area contributed by atoms with Gasteiger partial charge in [-0.2, -0.15) is 18.4 Å². The van der Waals surface area contributed by atoms with E-state index in [1.54, 1.807) is 12.1 Å². The van der Waals surface area contributed by atoms with Crippen LogP contribution in [0.3, 0.4) is 0 Å². The second-order valence-electron chi connectivity index (χ2n) is 3.97. The Morgan fingerprint density at radius 2 is 2.00 bits per heavy atom. The third kappa shape index (κ3) is 3.48. The van der Waals surface area contributed by atoms with Crippen LogP contribution in [-0.2, 0) is 0 Å². The Morgan fingerprint density at radius 3 is 2.65 bits per heavy atom. The Morgan fingerprint density at radius 1 is 1.25 bits per heavy atom. The first-order valence-electron chi connectivity index (χ1n) is 5.57. The van der Waals surface area contributed by atoms with E-state index in [9.17, 15) is 13.2 Å². The van der Waals surface area contributed by atoms with Crippen molar-refractivity contribution in [3.8, 4) is 6.07 Å². The lowest BCUT2D eigenvalue weighted by molar-refractivity contribution is -0.131. The average molecular weight is 301 g/mol.